The number of anilines is 1. The summed E-state index contributed by atoms with van der Waals surface area (Å²) >= 11 is 0. The molecular formula is C24H23F5N4O4. The minimum absolute atomic E-state index is 0.00198. The molecule has 1 atom stereocenters. The number of ether oxygens (including phenoxy) is 2. The molecule has 2 aromatic heterocycles. The summed E-state index contributed by atoms with van der Waals surface area (Å²) in [5.74, 6) is -1.55. The zero-order valence-corrected chi connectivity index (χ0v) is 19.8. The topological polar surface area (TPSA) is 87.4 Å². The molecule has 0 amide bonds. The van der Waals surface area contributed by atoms with E-state index in [4.69, 9.17) is 9.47 Å². The van der Waals surface area contributed by atoms with Gasteiger partial charge in [-0.2, -0.15) is 5.10 Å². The lowest BCUT2D eigenvalue weighted by Crippen LogP contribution is -2.42. The van der Waals surface area contributed by atoms with Crippen molar-refractivity contribution < 1.29 is 31.4 Å². The van der Waals surface area contributed by atoms with Crippen molar-refractivity contribution in [2.45, 2.75) is 50.3 Å². The van der Waals surface area contributed by atoms with Gasteiger partial charge in [0, 0.05) is 18.8 Å². The normalized spacial score (nSPS) is 17.8. The molecule has 0 radical (unpaired) electrons. The second kappa shape index (κ2) is 9.12. The zero-order valence-electron chi connectivity index (χ0n) is 19.8. The predicted molar refractivity (Wildman–Crippen MR) is 123 cm³/mol. The number of fused-ring (bicyclic) bond motifs is 1. The van der Waals surface area contributed by atoms with Crippen molar-refractivity contribution in [2.75, 3.05) is 18.5 Å². The minimum Gasteiger partial charge on any atom is -0.479 e. The van der Waals surface area contributed by atoms with Gasteiger partial charge in [-0.25, -0.2) is 26.6 Å². The first kappa shape index (κ1) is 25.2. The number of nitrogens with zero attached hydrogens (tertiary/aromatic N) is 3. The van der Waals surface area contributed by atoms with E-state index in [1.165, 1.54) is 26.1 Å². The Balaban J connectivity index is 1.69. The number of aromatic nitrogens is 3. The lowest BCUT2D eigenvalue weighted by atomic mass is 10.0. The van der Waals surface area contributed by atoms with E-state index in [1.807, 2.05) is 0 Å². The van der Waals surface area contributed by atoms with Crippen molar-refractivity contribution in [3.8, 4) is 5.75 Å². The second-order valence-corrected chi connectivity index (χ2v) is 9.30. The maximum Gasteiger partial charge on any atom is 0.294 e. The van der Waals surface area contributed by atoms with Crippen LogP contribution in [0.1, 0.15) is 43.4 Å². The number of aryl methyl sites for hydroxylation is 1. The standard InChI is InChI=1S/C24H23F5N4O4/c1-11(13-4-3-5-14(17(13)25)19(26)27)30-20-15-8-33(24(6-7-24)23(28)29)22(35)18(37-12-9-36-10-12)16(15)21(34)32(2)31-20/h3-5,8,11-12,19,23H,6-7,9-10H2,1-2H3,(H,30,31)/t11-/m1/s1. The fourth-order valence-electron chi connectivity index (χ4n) is 4.44. The Kier molecular flexibility index (Phi) is 6.21. The molecule has 0 unspecified atom stereocenters. The molecule has 1 aliphatic heterocycles. The first-order valence-electron chi connectivity index (χ1n) is 11.6. The number of benzene rings is 1. The van der Waals surface area contributed by atoms with Crippen molar-refractivity contribution in [1.82, 2.24) is 14.3 Å². The lowest BCUT2D eigenvalue weighted by molar-refractivity contribution is -0.0799. The first-order valence-corrected chi connectivity index (χ1v) is 11.6. The Hall–Kier alpha value is -3.48. The molecule has 0 bridgehead atoms. The molecular weight excluding hydrogens is 503 g/mol. The van der Waals surface area contributed by atoms with Crippen LogP contribution in [0.5, 0.6) is 5.75 Å². The van der Waals surface area contributed by atoms with Gasteiger partial charge in [0.15, 0.2) is 11.6 Å². The maximum atomic E-state index is 14.8. The molecule has 37 heavy (non-hydrogen) atoms. The van der Waals surface area contributed by atoms with Crippen LogP contribution >= 0.6 is 0 Å². The number of hydrogen-bond donors (Lipinski definition) is 1. The van der Waals surface area contributed by atoms with Crippen LogP contribution in [0.25, 0.3) is 10.8 Å². The van der Waals surface area contributed by atoms with Crippen molar-refractivity contribution in [3.05, 3.63) is 62.0 Å². The molecule has 1 saturated heterocycles. The average molecular weight is 526 g/mol. The largest absolute Gasteiger partial charge is 0.479 e. The van der Waals surface area contributed by atoms with Gasteiger partial charge in [-0.05, 0) is 19.8 Å². The SMILES string of the molecule is C[C@@H](Nc1nn(C)c(=O)c2c(OC3COC3)c(=O)n(C3(C(F)F)CC3)cc12)c1cccc(C(F)F)c1F. The Labute approximate surface area is 206 Å². The van der Waals surface area contributed by atoms with Gasteiger partial charge >= 0.3 is 0 Å². The number of hydrogen-bond acceptors (Lipinski definition) is 6. The highest BCUT2D eigenvalue weighted by Crippen LogP contribution is 2.48. The molecule has 1 N–H and O–H groups in total. The highest BCUT2D eigenvalue weighted by molar-refractivity contribution is 5.94. The number of rotatable bonds is 8. The number of pyridine rings is 1. The van der Waals surface area contributed by atoms with Crippen LogP contribution in [0.15, 0.2) is 34.0 Å². The smallest absolute Gasteiger partial charge is 0.294 e. The maximum absolute atomic E-state index is 14.8. The molecule has 2 aliphatic rings. The Morgan fingerprint density at radius 1 is 1.14 bits per heavy atom. The molecule has 13 heteroatoms. The molecule has 1 aromatic carbocycles. The second-order valence-electron chi connectivity index (χ2n) is 9.30. The molecule has 5 rings (SSSR count). The summed E-state index contributed by atoms with van der Waals surface area (Å²) in [4.78, 5) is 26.5. The summed E-state index contributed by atoms with van der Waals surface area (Å²) in [6, 6.07) is 2.65. The molecule has 3 aromatic rings. The zero-order chi connectivity index (χ0) is 26.6. The van der Waals surface area contributed by atoms with Gasteiger partial charge in [0.25, 0.3) is 24.0 Å². The van der Waals surface area contributed by atoms with Gasteiger partial charge in [0.2, 0.25) is 0 Å². The Morgan fingerprint density at radius 2 is 1.81 bits per heavy atom. The minimum atomic E-state index is -3.03. The van der Waals surface area contributed by atoms with Crippen molar-refractivity contribution in [1.29, 1.82) is 0 Å². The highest BCUT2D eigenvalue weighted by atomic mass is 19.3. The molecule has 0 spiro atoms. The van der Waals surface area contributed by atoms with E-state index >= 15 is 0 Å². The van der Waals surface area contributed by atoms with E-state index in [0.717, 1.165) is 21.5 Å². The van der Waals surface area contributed by atoms with Gasteiger partial charge in [0.1, 0.15) is 22.8 Å². The number of halogens is 5. The summed E-state index contributed by atoms with van der Waals surface area (Å²) in [5, 5.41) is 6.87. The Morgan fingerprint density at radius 3 is 2.38 bits per heavy atom. The van der Waals surface area contributed by atoms with E-state index in [0.29, 0.717) is 0 Å². The summed E-state index contributed by atoms with van der Waals surface area (Å²) in [6.07, 6.45) is -5.21. The summed E-state index contributed by atoms with van der Waals surface area (Å²) < 4.78 is 81.9. The molecule has 198 valence electrons. The van der Waals surface area contributed by atoms with E-state index in [-0.39, 0.29) is 48.2 Å². The van der Waals surface area contributed by atoms with Crippen LogP contribution in [0, 0.1) is 5.82 Å². The van der Waals surface area contributed by atoms with Gasteiger partial charge in [0.05, 0.1) is 30.2 Å². The summed E-state index contributed by atoms with van der Waals surface area (Å²) in [7, 11) is 1.32. The lowest BCUT2D eigenvalue weighted by Gasteiger charge is -2.28. The van der Waals surface area contributed by atoms with Gasteiger partial charge in [-0.3, -0.25) is 14.2 Å². The van der Waals surface area contributed by atoms with Crippen LogP contribution in [0.4, 0.5) is 27.8 Å². The number of nitrogens with one attached hydrogen (secondary N) is 1. The Bertz CT molecular complexity index is 1480. The van der Waals surface area contributed by atoms with Crippen molar-refractivity contribution in [2.24, 2.45) is 7.05 Å². The van der Waals surface area contributed by atoms with Crippen LogP contribution in [-0.2, 0) is 17.3 Å². The first-order chi connectivity index (χ1) is 17.5. The van der Waals surface area contributed by atoms with Crippen LogP contribution < -0.4 is 21.2 Å². The fraction of sp³-hybridized carbons (Fsp3) is 0.458. The fourth-order valence-corrected chi connectivity index (χ4v) is 4.44. The van der Waals surface area contributed by atoms with E-state index in [1.54, 1.807) is 0 Å². The third-order valence-electron chi connectivity index (χ3n) is 6.83. The van der Waals surface area contributed by atoms with Crippen molar-refractivity contribution in [3.63, 3.8) is 0 Å². The van der Waals surface area contributed by atoms with Gasteiger partial charge < -0.3 is 14.8 Å². The summed E-state index contributed by atoms with van der Waals surface area (Å²) in [6.45, 7) is 1.80. The van der Waals surface area contributed by atoms with E-state index in [9.17, 15) is 31.5 Å². The third-order valence-corrected chi connectivity index (χ3v) is 6.83. The van der Waals surface area contributed by atoms with E-state index in [2.05, 4.69) is 10.4 Å². The monoisotopic (exact) mass is 526 g/mol. The van der Waals surface area contributed by atoms with Crippen LogP contribution in [-0.4, -0.2) is 40.1 Å². The van der Waals surface area contributed by atoms with Gasteiger partial charge in [-0.15, -0.1) is 0 Å². The van der Waals surface area contributed by atoms with Crippen LogP contribution in [0.3, 0.4) is 0 Å². The molecule has 8 nitrogen and oxygen atoms in total. The highest BCUT2D eigenvalue weighted by Gasteiger charge is 2.54. The van der Waals surface area contributed by atoms with Gasteiger partial charge in [-0.1, -0.05) is 18.2 Å². The predicted octanol–water partition coefficient (Wildman–Crippen LogP) is 3.88. The molecule has 3 heterocycles. The quantitative estimate of drug-likeness (QED) is 0.449. The van der Waals surface area contributed by atoms with Crippen LogP contribution in [0.2, 0.25) is 0 Å². The number of alkyl halides is 4. The summed E-state index contributed by atoms with van der Waals surface area (Å²) in [5.41, 5.74) is -4.20. The third kappa shape index (κ3) is 4.14. The van der Waals surface area contributed by atoms with E-state index < -0.39 is 58.8 Å². The molecule has 1 aliphatic carbocycles. The van der Waals surface area contributed by atoms with Crippen molar-refractivity contribution >= 4 is 16.6 Å². The molecule has 2 fully saturated rings. The average Bonchev–Trinajstić information content (AvgIpc) is 3.62. The molecule has 1 saturated carbocycles.